The van der Waals surface area contributed by atoms with Crippen LogP contribution in [0.25, 0.3) is 0 Å². The van der Waals surface area contributed by atoms with Gasteiger partial charge >= 0.3 is 0 Å². The maximum absolute atomic E-state index is 13.7. The fraction of sp³-hybridized carbons (Fsp3) is 0.571. The van der Waals surface area contributed by atoms with Crippen molar-refractivity contribution in [1.82, 2.24) is 5.32 Å². The number of rotatable bonds is 6. The van der Waals surface area contributed by atoms with Crippen LogP contribution in [0.1, 0.15) is 25.8 Å². The summed E-state index contributed by atoms with van der Waals surface area (Å²) in [6.45, 7) is 3.97. The first-order valence-electron chi connectivity index (χ1n) is 6.13. The monoisotopic (exact) mass is 257 g/mol. The molecule has 2 nitrogen and oxygen atoms in total. The topological polar surface area (TPSA) is 21.3 Å². The van der Waals surface area contributed by atoms with Crippen LogP contribution >= 0.6 is 0 Å². The lowest BCUT2D eigenvalue weighted by Gasteiger charge is -2.35. The molecule has 0 amide bonds. The van der Waals surface area contributed by atoms with E-state index in [1.165, 1.54) is 6.07 Å². The van der Waals surface area contributed by atoms with E-state index in [0.29, 0.717) is 12.0 Å². The van der Waals surface area contributed by atoms with E-state index in [2.05, 4.69) is 5.32 Å². The van der Waals surface area contributed by atoms with E-state index in [1.807, 2.05) is 13.8 Å². The van der Waals surface area contributed by atoms with Crippen LogP contribution in [0, 0.1) is 11.6 Å². The SMILES string of the molecule is CCC(C)(OC)C(Cc1cccc(F)c1F)NC. The molecule has 0 aliphatic rings. The smallest absolute Gasteiger partial charge is 0.162 e. The first kappa shape index (κ1) is 15.1. The second-order valence-corrected chi connectivity index (χ2v) is 4.63. The molecule has 0 bridgehead atoms. The predicted molar refractivity (Wildman–Crippen MR) is 68.6 cm³/mol. The maximum Gasteiger partial charge on any atom is 0.162 e. The molecule has 2 atom stereocenters. The van der Waals surface area contributed by atoms with Crippen LogP contribution in [0.15, 0.2) is 18.2 Å². The van der Waals surface area contributed by atoms with Crippen LogP contribution in [0.3, 0.4) is 0 Å². The number of ether oxygens (including phenoxy) is 1. The molecule has 0 spiro atoms. The number of likely N-dealkylation sites (N-methyl/N-ethyl adjacent to an activating group) is 1. The summed E-state index contributed by atoms with van der Waals surface area (Å²) >= 11 is 0. The zero-order valence-electron chi connectivity index (χ0n) is 11.4. The van der Waals surface area contributed by atoms with Crippen molar-refractivity contribution in [2.75, 3.05) is 14.2 Å². The van der Waals surface area contributed by atoms with E-state index in [0.717, 1.165) is 12.5 Å². The minimum atomic E-state index is -0.807. The summed E-state index contributed by atoms with van der Waals surface area (Å²) < 4.78 is 32.3. The van der Waals surface area contributed by atoms with Crippen molar-refractivity contribution in [3.05, 3.63) is 35.4 Å². The molecular weight excluding hydrogens is 236 g/mol. The van der Waals surface area contributed by atoms with Gasteiger partial charge in [-0.1, -0.05) is 19.1 Å². The van der Waals surface area contributed by atoms with Crippen LogP contribution < -0.4 is 5.32 Å². The van der Waals surface area contributed by atoms with Crippen molar-refractivity contribution in [3.63, 3.8) is 0 Å². The second-order valence-electron chi connectivity index (χ2n) is 4.63. The third-order valence-corrected chi connectivity index (χ3v) is 3.71. The summed E-state index contributed by atoms with van der Waals surface area (Å²) in [5.41, 5.74) is -0.0425. The number of hydrogen-bond donors (Lipinski definition) is 1. The third-order valence-electron chi connectivity index (χ3n) is 3.71. The Balaban J connectivity index is 2.96. The van der Waals surface area contributed by atoms with Gasteiger partial charge in [-0.25, -0.2) is 8.78 Å². The van der Waals surface area contributed by atoms with Gasteiger partial charge in [-0.05, 0) is 38.4 Å². The van der Waals surface area contributed by atoms with Crippen LogP contribution in [0.5, 0.6) is 0 Å². The highest BCUT2D eigenvalue weighted by atomic mass is 19.2. The van der Waals surface area contributed by atoms with E-state index in [4.69, 9.17) is 4.74 Å². The van der Waals surface area contributed by atoms with Crippen molar-refractivity contribution in [1.29, 1.82) is 0 Å². The molecule has 0 heterocycles. The maximum atomic E-state index is 13.7. The number of hydrogen-bond acceptors (Lipinski definition) is 2. The van der Waals surface area contributed by atoms with E-state index >= 15 is 0 Å². The highest BCUT2D eigenvalue weighted by Crippen LogP contribution is 2.23. The molecular formula is C14H21F2NO. The third kappa shape index (κ3) is 3.06. The zero-order chi connectivity index (χ0) is 13.8. The Morgan fingerprint density at radius 1 is 1.39 bits per heavy atom. The highest BCUT2D eigenvalue weighted by molar-refractivity contribution is 5.20. The molecule has 0 aliphatic carbocycles. The fourth-order valence-electron chi connectivity index (χ4n) is 2.08. The lowest BCUT2D eigenvalue weighted by Crippen LogP contribution is -2.49. The van der Waals surface area contributed by atoms with Gasteiger partial charge in [-0.2, -0.15) is 0 Å². The van der Waals surface area contributed by atoms with Gasteiger partial charge in [-0.3, -0.25) is 0 Å². The summed E-state index contributed by atoms with van der Waals surface area (Å²) in [5.74, 6) is -1.58. The van der Waals surface area contributed by atoms with Crippen molar-refractivity contribution in [2.45, 2.75) is 38.3 Å². The first-order chi connectivity index (χ1) is 8.48. The Kier molecular flexibility index (Phi) is 5.23. The van der Waals surface area contributed by atoms with Crippen molar-refractivity contribution >= 4 is 0 Å². The van der Waals surface area contributed by atoms with Crippen LogP contribution in [0.2, 0.25) is 0 Å². The Morgan fingerprint density at radius 3 is 2.56 bits per heavy atom. The fourth-order valence-corrected chi connectivity index (χ4v) is 2.08. The van der Waals surface area contributed by atoms with Gasteiger partial charge < -0.3 is 10.1 Å². The molecule has 2 unspecified atom stereocenters. The quantitative estimate of drug-likeness (QED) is 0.846. The summed E-state index contributed by atoms with van der Waals surface area (Å²) in [6, 6.07) is 4.18. The van der Waals surface area contributed by atoms with Crippen molar-refractivity contribution in [2.24, 2.45) is 0 Å². The van der Waals surface area contributed by atoms with Gasteiger partial charge in [0.05, 0.1) is 5.60 Å². The molecule has 102 valence electrons. The van der Waals surface area contributed by atoms with E-state index < -0.39 is 17.2 Å². The predicted octanol–water partition coefficient (Wildman–Crippen LogP) is 2.91. The summed E-state index contributed by atoms with van der Waals surface area (Å²) in [7, 11) is 3.44. The molecule has 18 heavy (non-hydrogen) atoms. The molecule has 1 rings (SSSR count). The zero-order valence-corrected chi connectivity index (χ0v) is 11.4. The summed E-state index contributed by atoms with van der Waals surface area (Å²) in [6.07, 6.45) is 1.17. The van der Waals surface area contributed by atoms with E-state index in [-0.39, 0.29) is 6.04 Å². The normalized spacial score (nSPS) is 16.3. The molecule has 0 saturated heterocycles. The first-order valence-corrected chi connectivity index (χ1v) is 6.13. The lowest BCUT2D eigenvalue weighted by molar-refractivity contribution is -0.0270. The summed E-state index contributed by atoms with van der Waals surface area (Å²) in [4.78, 5) is 0. The standard InChI is InChI=1S/C14H21F2NO/c1-5-14(2,18-4)12(17-3)9-10-7-6-8-11(15)13(10)16/h6-8,12,17H,5,9H2,1-4H3. The molecule has 1 aromatic rings. The van der Waals surface area contributed by atoms with Crippen LogP contribution in [0.4, 0.5) is 8.78 Å². The number of benzene rings is 1. The molecule has 0 aliphatic heterocycles. The second kappa shape index (κ2) is 6.25. The highest BCUT2D eigenvalue weighted by Gasteiger charge is 2.32. The van der Waals surface area contributed by atoms with Crippen molar-refractivity contribution in [3.8, 4) is 0 Å². The average Bonchev–Trinajstić information content (AvgIpc) is 2.39. The Morgan fingerprint density at radius 2 is 2.06 bits per heavy atom. The Labute approximate surface area is 107 Å². The summed E-state index contributed by atoms with van der Waals surface area (Å²) in [5, 5.41) is 3.13. The molecule has 1 N–H and O–H groups in total. The number of methoxy groups -OCH3 is 1. The van der Waals surface area contributed by atoms with Crippen molar-refractivity contribution < 1.29 is 13.5 Å². The number of halogens is 2. The minimum Gasteiger partial charge on any atom is -0.377 e. The molecule has 1 aromatic carbocycles. The molecule has 0 radical (unpaired) electrons. The lowest BCUT2D eigenvalue weighted by atomic mass is 9.88. The van der Waals surface area contributed by atoms with Gasteiger partial charge in [0, 0.05) is 13.2 Å². The van der Waals surface area contributed by atoms with Gasteiger partial charge in [0.15, 0.2) is 11.6 Å². The van der Waals surface area contributed by atoms with E-state index in [9.17, 15) is 8.78 Å². The van der Waals surface area contributed by atoms with Gasteiger partial charge in [0.2, 0.25) is 0 Å². The average molecular weight is 257 g/mol. The van der Waals surface area contributed by atoms with Crippen LogP contribution in [-0.4, -0.2) is 25.8 Å². The number of nitrogens with one attached hydrogen (secondary N) is 1. The van der Waals surface area contributed by atoms with Crippen LogP contribution in [-0.2, 0) is 11.2 Å². The molecule has 0 fully saturated rings. The largest absolute Gasteiger partial charge is 0.377 e. The minimum absolute atomic E-state index is 0.0798. The molecule has 0 saturated carbocycles. The molecule has 0 aromatic heterocycles. The Hall–Kier alpha value is -1.00. The van der Waals surface area contributed by atoms with Gasteiger partial charge in [-0.15, -0.1) is 0 Å². The molecule has 4 heteroatoms. The van der Waals surface area contributed by atoms with E-state index in [1.54, 1.807) is 20.2 Å². The van der Waals surface area contributed by atoms with Gasteiger partial charge in [0.1, 0.15) is 0 Å². The van der Waals surface area contributed by atoms with Gasteiger partial charge in [0.25, 0.3) is 0 Å². The Bertz CT molecular complexity index is 391.